The predicted molar refractivity (Wildman–Crippen MR) is 254 cm³/mol. The van der Waals surface area contributed by atoms with Gasteiger partial charge in [0.05, 0.1) is 41.3 Å². The van der Waals surface area contributed by atoms with Gasteiger partial charge >= 0.3 is 6.03 Å². The quantitative estimate of drug-likeness (QED) is 0.143. The van der Waals surface area contributed by atoms with Gasteiger partial charge in [-0.25, -0.2) is 19.2 Å². The number of benzene rings is 3. The molecule has 352 valence electrons. The number of rotatable bonds is 10. The Kier molecular flexibility index (Phi) is 11.2. The third kappa shape index (κ3) is 8.15. The van der Waals surface area contributed by atoms with Crippen molar-refractivity contribution in [2.45, 2.75) is 76.1 Å². The maximum Gasteiger partial charge on any atom is 0.328 e. The van der Waals surface area contributed by atoms with Gasteiger partial charge in [0.2, 0.25) is 11.8 Å². The van der Waals surface area contributed by atoms with Crippen LogP contribution in [0, 0.1) is 11.2 Å². The summed E-state index contributed by atoms with van der Waals surface area (Å²) in [5, 5.41) is 19.3. The summed E-state index contributed by atoms with van der Waals surface area (Å²) < 4.78 is 18.0. The lowest BCUT2D eigenvalue weighted by molar-refractivity contribution is -0.150. The second-order valence-electron chi connectivity index (χ2n) is 19.1. The fourth-order valence-electron chi connectivity index (χ4n) is 11.0. The number of piperidine rings is 2. The Hall–Kier alpha value is -6.37. The maximum atomic E-state index is 16.0. The normalized spacial score (nSPS) is 20.0. The Labute approximate surface area is 400 Å². The molecule has 8 heterocycles. The number of hydrogen-bond acceptors (Lipinski definition) is 11. The van der Waals surface area contributed by atoms with Crippen molar-refractivity contribution < 1.29 is 33.5 Å². The molecule has 6 aliphatic heterocycles. The minimum Gasteiger partial charge on any atom is -0.389 e. The summed E-state index contributed by atoms with van der Waals surface area (Å²) in [6, 6.07) is 15.0. The first-order chi connectivity index (χ1) is 32.8. The lowest BCUT2D eigenvalue weighted by atomic mass is 9.71. The number of likely N-dealkylation sites (tertiary alicyclic amines) is 1. The number of fused-ring (bicyclic) bond motifs is 2. The van der Waals surface area contributed by atoms with Crippen LogP contribution in [0.15, 0.2) is 72.5 Å². The summed E-state index contributed by atoms with van der Waals surface area (Å²) >= 11 is 7.95. The SMILES string of the molecule is O=C1CCN(c2ccc(N3CCC(O)(CC(=O)N4CC5(CCN(c6ccc(-c7cc(F)c8c(c7)C(=O)N(C(C(=O)Nc7nccs7)c7ncn9c7CCC9)C8)cc6)CC5)C4)CC3)c(Cl)c2)C(=O)N1. The van der Waals surface area contributed by atoms with E-state index in [4.69, 9.17) is 11.6 Å². The number of aliphatic hydroxyl groups is 1. The van der Waals surface area contributed by atoms with Crippen LogP contribution in [0.1, 0.15) is 78.3 Å². The minimum atomic E-state index is -1.11. The monoisotopic (exact) mass is 960 g/mol. The number of aromatic nitrogens is 3. The molecule has 2 aromatic heterocycles. The second-order valence-corrected chi connectivity index (χ2v) is 20.4. The third-order valence-corrected chi connectivity index (χ3v) is 15.9. The number of urea groups is 1. The van der Waals surface area contributed by atoms with Crippen molar-refractivity contribution in [1.29, 1.82) is 0 Å². The van der Waals surface area contributed by atoms with Gasteiger partial charge in [-0.15, -0.1) is 11.3 Å². The number of aryl methyl sites for hydroxylation is 1. The van der Waals surface area contributed by atoms with Crippen LogP contribution in [-0.4, -0.2) is 111 Å². The first kappa shape index (κ1) is 44.2. The predicted octanol–water partition coefficient (Wildman–Crippen LogP) is 6.38. The Morgan fingerprint density at radius 2 is 1.63 bits per heavy atom. The Morgan fingerprint density at radius 3 is 2.35 bits per heavy atom. The van der Waals surface area contributed by atoms with Gasteiger partial charge in [-0.2, -0.15) is 0 Å². The van der Waals surface area contributed by atoms with Gasteiger partial charge < -0.3 is 29.3 Å². The molecular weight excluding hydrogens is 911 g/mol. The number of halogens is 2. The largest absolute Gasteiger partial charge is 0.389 e. The second kappa shape index (κ2) is 17.3. The van der Waals surface area contributed by atoms with Gasteiger partial charge in [-0.3, -0.25) is 34.7 Å². The summed E-state index contributed by atoms with van der Waals surface area (Å²) in [7, 11) is 0. The van der Waals surface area contributed by atoms with Gasteiger partial charge in [-0.05, 0) is 92.1 Å². The van der Waals surface area contributed by atoms with Crippen molar-refractivity contribution in [3.05, 3.63) is 106 Å². The summed E-state index contributed by atoms with van der Waals surface area (Å²) in [5.74, 6) is -1.70. The van der Waals surface area contributed by atoms with Crippen molar-refractivity contribution in [1.82, 2.24) is 29.7 Å². The number of carbonyl (C=O) groups excluding carboxylic acids is 5. The molecule has 6 amide bonds. The van der Waals surface area contributed by atoms with Crippen LogP contribution < -0.4 is 25.3 Å². The van der Waals surface area contributed by atoms with E-state index in [1.54, 1.807) is 36.1 Å². The van der Waals surface area contributed by atoms with Crippen LogP contribution in [0.3, 0.4) is 0 Å². The molecule has 3 N–H and O–H groups in total. The van der Waals surface area contributed by atoms with E-state index >= 15 is 4.39 Å². The van der Waals surface area contributed by atoms with Crippen molar-refractivity contribution in [3.63, 3.8) is 0 Å². The summed E-state index contributed by atoms with van der Waals surface area (Å²) in [6.45, 7) is 5.05. The summed E-state index contributed by atoms with van der Waals surface area (Å²) in [6.07, 6.45) is 7.93. The van der Waals surface area contributed by atoms with Crippen LogP contribution >= 0.6 is 22.9 Å². The fraction of sp³-hybridized carbons (Fsp3) is 0.408. The number of nitrogens with one attached hydrogen (secondary N) is 2. The van der Waals surface area contributed by atoms with Crippen LogP contribution in [0.5, 0.6) is 0 Å². The molecule has 1 atom stereocenters. The van der Waals surface area contributed by atoms with E-state index in [0.717, 1.165) is 67.9 Å². The van der Waals surface area contributed by atoms with E-state index in [9.17, 15) is 29.1 Å². The van der Waals surface area contributed by atoms with Gasteiger partial charge in [0.25, 0.3) is 11.8 Å². The zero-order valence-corrected chi connectivity index (χ0v) is 38.8. The van der Waals surface area contributed by atoms with Crippen LogP contribution in [0.4, 0.5) is 31.4 Å². The van der Waals surface area contributed by atoms with Gasteiger partial charge in [0.1, 0.15) is 5.82 Å². The molecule has 0 aliphatic carbocycles. The lowest BCUT2D eigenvalue weighted by Gasteiger charge is -2.55. The van der Waals surface area contributed by atoms with Crippen molar-refractivity contribution in [2.75, 3.05) is 65.8 Å². The van der Waals surface area contributed by atoms with Crippen LogP contribution in [0.2, 0.25) is 5.02 Å². The Morgan fingerprint density at radius 1 is 0.882 bits per heavy atom. The number of imide groups is 1. The molecule has 11 rings (SSSR count). The molecule has 68 heavy (non-hydrogen) atoms. The average Bonchev–Trinajstić information content (AvgIpc) is 4.14. The topological polar surface area (TPSA) is 177 Å². The Bertz CT molecular complexity index is 2830. The van der Waals surface area contributed by atoms with E-state index in [-0.39, 0.29) is 54.3 Å². The van der Waals surface area contributed by atoms with Crippen LogP contribution in [0.25, 0.3) is 11.1 Å². The fourth-order valence-corrected chi connectivity index (χ4v) is 11.8. The molecule has 0 bridgehead atoms. The van der Waals surface area contributed by atoms with Gasteiger partial charge in [0, 0.05) is 104 Å². The number of carbonyl (C=O) groups is 5. The zero-order valence-electron chi connectivity index (χ0n) is 37.3. The zero-order chi connectivity index (χ0) is 46.9. The molecular formula is C49H50ClFN10O6S. The molecule has 0 saturated carbocycles. The molecule has 4 fully saturated rings. The number of imidazole rings is 1. The van der Waals surface area contributed by atoms with E-state index in [1.165, 1.54) is 27.2 Å². The molecule has 5 aromatic rings. The van der Waals surface area contributed by atoms with Crippen LogP contribution in [-0.2, 0) is 33.9 Å². The van der Waals surface area contributed by atoms with Gasteiger partial charge in [0.15, 0.2) is 11.2 Å². The Balaban J connectivity index is 0.678. The standard InChI is InChI=1S/C49H50ClFN10O6S/c50-36-24-33(60-16-9-40(62)54-47(60)66)7-8-38(36)57-19-12-49(67,13-20-57)25-41(63)59-27-48(28-59)10-17-56(18-11-48)32-5-3-30(4-6-32)31-22-34-35(37(51)23-31)26-61(45(34)65)43(44(64)55-46-52-14-21-68-46)42-39-2-1-15-58(39)29-53-42/h3-8,14,21-24,29,43,67H,1-2,9-13,15-20,25-28H2,(H,52,55,64)(H,54,62,66). The number of nitrogens with zero attached hydrogens (tertiary/aromatic N) is 8. The minimum absolute atomic E-state index is 0.0269. The van der Waals surface area contributed by atoms with Crippen molar-refractivity contribution >= 4 is 74.8 Å². The molecule has 0 radical (unpaired) electrons. The summed E-state index contributed by atoms with van der Waals surface area (Å²) in [4.78, 5) is 83.4. The van der Waals surface area contributed by atoms with Gasteiger partial charge in [-0.1, -0.05) is 23.7 Å². The van der Waals surface area contributed by atoms with E-state index < -0.39 is 35.3 Å². The maximum absolute atomic E-state index is 16.0. The van der Waals surface area contributed by atoms with E-state index in [0.29, 0.717) is 66.1 Å². The highest BCUT2D eigenvalue weighted by Crippen LogP contribution is 2.44. The highest BCUT2D eigenvalue weighted by atomic mass is 35.5. The van der Waals surface area contributed by atoms with E-state index in [2.05, 4.69) is 30.4 Å². The number of hydrogen-bond donors (Lipinski definition) is 3. The molecule has 19 heteroatoms. The van der Waals surface area contributed by atoms with Crippen molar-refractivity contribution in [2.24, 2.45) is 5.41 Å². The molecule has 1 spiro atoms. The average molecular weight is 962 g/mol. The molecule has 16 nitrogen and oxygen atoms in total. The number of anilines is 4. The molecule has 4 saturated heterocycles. The summed E-state index contributed by atoms with van der Waals surface area (Å²) in [5.41, 5.74) is 4.62. The highest BCUT2D eigenvalue weighted by molar-refractivity contribution is 7.13. The molecule has 1 unspecified atom stereocenters. The first-order valence-corrected chi connectivity index (χ1v) is 24.5. The number of amides is 6. The molecule has 3 aromatic carbocycles. The smallest absolute Gasteiger partial charge is 0.328 e. The van der Waals surface area contributed by atoms with E-state index in [1.807, 2.05) is 39.8 Å². The lowest BCUT2D eigenvalue weighted by Crippen LogP contribution is -2.62. The highest BCUT2D eigenvalue weighted by Gasteiger charge is 2.48. The molecule has 6 aliphatic rings. The third-order valence-electron chi connectivity index (χ3n) is 14.9. The first-order valence-electron chi connectivity index (χ1n) is 23.2. The van der Waals surface area contributed by atoms with Crippen molar-refractivity contribution in [3.8, 4) is 11.1 Å². The number of thiazole rings is 1.